The SMILES string of the molecule is C.O=S(=O)(Cl)c1cccc2cccnc12.O=S(=O)(O)Cl.O=S(=O)(O)c1cccc2cccnc12.O=S(Cl)Cl.c1ccc2ncccc2c1. The third-order valence-electron chi connectivity index (χ3n) is 5.24. The quantitative estimate of drug-likeness (QED) is 0.128. The molecule has 0 unspecified atom stereocenters. The number of para-hydroxylation sites is 3. The third-order valence-corrected chi connectivity index (χ3v) is 7.48. The highest BCUT2D eigenvalue weighted by molar-refractivity contribution is 8.26. The topological polar surface area (TPSA) is 199 Å². The van der Waals surface area contributed by atoms with Crippen LogP contribution in [-0.2, 0) is 37.7 Å². The van der Waals surface area contributed by atoms with Crippen molar-refractivity contribution in [2.24, 2.45) is 0 Å². The van der Waals surface area contributed by atoms with Gasteiger partial charge in [0, 0.05) is 77.5 Å². The minimum Gasteiger partial charge on any atom is -0.282 e. The van der Waals surface area contributed by atoms with Gasteiger partial charge in [-0.3, -0.25) is 24.1 Å². The highest BCUT2D eigenvalue weighted by Gasteiger charge is 2.14. The van der Waals surface area contributed by atoms with Gasteiger partial charge in [-0.25, -0.2) is 12.6 Å². The van der Waals surface area contributed by atoms with E-state index in [1.54, 1.807) is 48.5 Å². The Morgan fingerprint density at radius 1 is 0.542 bits per heavy atom. The van der Waals surface area contributed by atoms with Gasteiger partial charge >= 0.3 is 9.33 Å². The second-order valence-electron chi connectivity index (χ2n) is 8.37. The molecule has 20 heteroatoms. The minimum atomic E-state index is -4.19. The molecular weight excluding hydrogens is 792 g/mol. The smallest absolute Gasteiger partial charge is 0.282 e. The molecule has 0 radical (unpaired) electrons. The van der Waals surface area contributed by atoms with Gasteiger partial charge in [-0.1, -0.05) is 68.1 Å². The van der Waals surface area contributed by atoms with Gasteiger partial charge in [0.2, 0.25) is 9.23 Å². The Balaban J connectivity index is 0.000000320. The Labute approximate surface area is 297 Å². The van der Waals surface area contributed by atoms with Crippen LogP contribution >= 0.6 is 42.7 Å². The molecule has 3 aromatic carbocycles. The van der Waals surface area contributed by atoms with Gasteiger partial charge in [-0.15, -0.1) is 0 Å². The molecular formula is C28H25Cl4N3O9S4. The zero-order valence-electron chi connectivity index (χ0n) is 23.2. The summed E-state index contributed by atoms with van der Waals surface area (Å²) in [6, 6.07) is 28.5. The molecule has 0 saturated heterocycles. The van der Waals surface area contributed by atoms with E-state index in [1.165, 1.54) is 29.9 Å². The van der Waals surface area contributed by atoms with Gasteiger partial charge in [0.1, 0.15) is 9.79 Å². The molecule has 0 bridgehead atoms. The van der Waals surface area contributed by atoms with Crippen molar-refractivity contribution in [2.45, 2.75) is 17.2 Å². The van der Waals surface area contributed by atoms with E-state index < -0.39 is 37.7 Å². The molecule has 0 atom stereocenters. The molecule has 0 aliphatic carbocycles. The predicted molar refractivity (Wildman–Crippen MR) is 192 cm³/mol. The Hall–Kier alpha value is -3.03. The Kier molecular flexibility index (Phi) is 17.8. The largest absolute Gasteiger partial charge is 0.353 e. The van der Waals surface area contributed by atoms with E-state index in [4.69, 9.17) is 32.4 Å². The van der Waals surface area contributed by atoms with Crippen molar-refractivity contribution in [3.63, 3.8) is 0 Å². The lowest BCUT2D eigenvalue weighted by Gasteiger charge is -2.01. The summed E-state index contributed by atoms with van der Waals surface area (Å²) in [5.41, 5.74) is 1.76. The molecule has 0 amide bonds. The highest BCUT2D eigenvalue weighted by atomic mass is 36.0. The fraction of sp³-hybridized carbons (Fsp3) is 0.0357. The summed E-state index contributed by atoms with van der Waals surface area (Å²) in [5.74, 6) is 0. The first-order chi connectivity index (χ1) is 21.9. The first-order valence-corrected chi connectivity index (χ1v) is 21.0. The van der Waals surface area contributed by atoms with E-state index in [0.717, 1.165) is 10.9 Å². The van der Waals surface area contributed by atoms with Gasteiger partial charge in [-0.2, -0.15) is 16.8 Å². The Bertz CT molecular complexity index is 2120. The number of nitrogens with zero attached hydrogens (tertiary/aromatic N) is 3. The molecule has 258 valence electrons. The van der Waals surface area contributed by atoms with E-state index >= 15 is 0 Å². The molecule has 48 heavy (non-hydrogen) atoms. The second-order valence-corrected chi connectivity index (χ2v) is 16.8. The maximum Gasteiger partial charge on any atom is 0.353 e. The molecule has 0 fully saturated rings. The average Bonchev–Trinajstić information content (AvgIpc) is 2.99. The molecule has 0 aliphatic rings. The molecule has 0 saturated carbocycles. The Morgan fingerprint density at radius 3 is 1.33 bits per heavy atom. The molecule has 12 nitrogen and oxygen atoms in total. The normalized spacial score (nSPS) is 10.9. The van der Waals surface area contributed by atoms with Crippen molar-refractivity contribution in [3.8, 4) is 0 Å². The zero-order chi connectivity index (χ0) is 35.3. The zero-order valence-corrected chi connectivity index (χ0v) is 29.5. The molecule has 6 aromatic rings. The number of pyridine rings is 3. The molecule has 6 rings (SSSR count). The second kappa shape index (κ2) is 19.8. The van der Waals surface area contributed by atoms with Crippen LogP contribution < -0.4 is 0 Å². The van der Waals surface area contributed by atoms with Gasteiger partial charge in [-0.05, 0) is 36.4 Å². The number of hydrogen-bond acceptors (Lipinski definition) is 10. The van der Waals surface area contributed by atoms with Crippen LogP contribution in [0.15, 0.2) is 125 Å². The summed E-state index contributed by atoms with van der Waals surface area (Å²) in [6.45, 7) is 0. The number of fused-ring (bicyclic) bond motifs is 3. The Morgan fingerprint density at radius 2 is 0.896 bits per heavy atom. The average molecular weight is 818 g/mol. The van der Waals surface area contributed by atoms with Crippen molar-refractivity contribution >= 4 is 113 Å². The van der Waals surface area contributed by atoms with Crippen molar-refractivity contribution in [1.29, 1.82) is 0 Å². The number of halogens is 4. The summed E-state index contributed by atoms with van der Waals surface area (Å²) < 4.78 is 87.4. The maximum atomic E-state index is 11.2. The molecule has 0 spiro atoms. The van der Waals surface area contributed by atoms with E-state index in [-0.39, 0.29) is 22.7 Å². The standard InChI is InChI=1S/C9H6ClNO2S.C9H7NO3S.C9H7N.CH4.Cl2OS.ClHO3S/c10-14(12,13)8-5-1-3-7-4-2-6-11-9(7)8;11-14(12,13)8-5-1-3-7-4-2-6-10-9(7)8;1-2-6-9-8(4-1)5-3-7-10-9;;1-4(2)3;1-5(2,3)4/h1-6H;1-6H,(H,11,12,13);1-7H;1H4;;(H,2,3,4). The van der Waals surface area contributed by atoms with Crippen LogP contribution in [0.2, 0.25) is 0 Å². The van der Waals surface area contributed by atoms with Gasteiger partial charge in [0.05, 0.1) is 16.6 Å². The number of benzene rings is 3. The minimum absolute atomic E-state index is 0. The number of aromatic nitrogens is 3. The van der Waals surface area contributed by atoms with Gasteiger partial charge in [0.15, 0.2) is 0 Å². The van der Waals surface area contributed by atoms with E-state index in [9.17, 15) is 16.8 Å². The van der Waals surface area contributed by atoms with E-state index in [0.29, 0.717) is 10.9 Å². The fourth-order valence-corrected chi connectivity index (χ4v) is 5.25. The first-order valence-electron chi connectivity index (χ1n) is 12.2. The summed E-state index contributed by atoms with van der Waals surface area (Å²) >= 11 is 0. The molecule has 2 N–H and O–H groups in total. The summed E-state index contributed by atoms with van der Waals surface area (Å²) in [7, 11) is 4.58. The number of rotatable bonds is 2. The van der Waals surface area contributed by atoms with Crippen LogP contribution in [0.25, 0.3) is 32.7 Å². The van der Waals surface area contributed by atoms with Crippen molar-refractivity contribution < 1.29 is 38.6 Å². The highest BCUT2D eigenvalue weighted by Crippen LogP contribution is 2.23. The number of hydrogen-bond donors (Lipinski definition) is 2. The summed E-state index contributed by atoms with van der Waals surface area (Å²) in [5, 5.41) is 2.64. The van der Waals surface area contributed by atoms with Crippen LogP contribution in [0, 0.1) is 0 Å². The summed E-state index contributed by atoms with van der Waals surface area (Å²) in [4.78, 5) is 12.0. The van der Waals surface area contributed by atoms with Gasteiger partial charge < -0.3 is 0 Å². The van der Waals surface area contributed by atoms with E-state index in [1.807, 2.05) is 30.5 Å². The lowest BCUT2D eigenvalue weighted by Crippen LogP contribution is -1.99. The van der Waals surface area contributed by atoms with Crippen LogP contribution in [0.4, 0.5) is 0 Å². The maximum absolute atomic E-state index is 11.2. The van der Waals surface area contributed by atoms with E-state index in [2.05, 4.69) is 59.1 Å². The monoisotopic (exact) mass is 815 g/mol. The van der Waals surface area contributed by atoms with Crippen LogP contribution in [0.1, 0.15) is 7.43 Å². The third kappa shape index (κ3) is 15.9. The molecule has 3 aromatic heterocycles. The van der Waals surface area contributed by atoms with Crippen molar-refractivity contribution in [3.05, 3.63) is 116 Å². The fourth-order valence-electron chi connectivity index (χ4n) is 3.57. The lowest BCUT2D eigenvalue weighted by molar-refractivity contribution is 0.483. The lowest BCUT2D eigenvalue weighted by atomic mass is 10.2. The summed E-state index contributed by atoms with van der Waals surface area (Å²) in [6.07, 6.45) is 4.83. The predicted octanol–water partition coefficient (Wildman–Crippen LogP) is 7.59. The van der Waals surface area contributed by atoms with Crippen LogP contribution in [0.5, 0.6) is 0 Å². The van der Waals surface area contributed by atoms with Crippen LogP contribution in [0.3, 0.4) is 0 Å². The first kappa shape index (κ1) is 43.0. The van der Waals surface area contributed by atoms with Crippen molar-refractivity contribution in [2.75, 3.05) is 0 Å². The van der Waals surface area contributed by atoms with Crippen LogP contribution in [-0.4, -0.2) is 53.5 Å². The van der Waals surface area contributed by atoms with Gasteiger partial charge in [0.25, 0.3) is 19.2 Å². The van der Waals surface area contributed by atoms with Crippen molar-refractivity contribution in [1.82, 2.24) is 15.0 Å². The molecule has 0 aliphatic heterocycles. The molecule has 3 heterocycles.